The molecule has 2 heterocycles. The minimum Gasteiger partial charge on any atom is -0.495 e. The SMILES string of the molecule is COc1ccc(Cl)cc1-n1cncc1C1(C)CCNCC1. The van der Waals surface area contributed by atoms with E-state index in [1.807, 2.05) is 30.7 Å². The minimum atomic E-state index is 0.120. The number of methoxy groups -OCH3 is 1. The van der Waals surface area contributed by atoms with E-state index in [-0.39, 0.29) is 5.41 Å². The number of hydrogen-bond donors (Lipinski definition) is 1. The van der Waals surface area contributed by atoms with Crippen molar-refractivity contribution in [3.8, 4) is 11.4 Å². The second-order valence-corrected chi connectivity index (χ2v) is 6.21. The van der Waals surface area contributed by atoms with Crippen molar-refractivity contribution >= 4 is 11.6 Å². The molecule has 0 aliphatic carbocycles. The molecule has 1 fully saturated rings. The molecule has 21 heavy (non-hydrogen) atoms. The Bertz CT molecular complexity index is 632. The van der Waals surface area contributed by atoms with Crippen molar-refractivity contribution in [1.82, 2.24) is 14.9 Å². The van der Waals surface area contributed by atoms with Crippen LogP contribution in [0.5, 0.6) is 5.75 Å². The van der Waals surface area contributed by atoms with Crippen molar-refractivity contribution in [2.24, 2.45) is 0 Å². The summed E-state index contributed by atoms with van der Waals surface area (Å²) in [6, 6.07) is 5.66. The number of nitrogens with zero attached hydrogens (tertiary/aromatic N) is 2. The Morgan fingerprint density at radius 3 is 2.81 bits per heavy atom. The largest absolute Gasteiger partial charge is 0.495 e. The van der Waals surface area contributed by atoms with E-state index in [0.29, 0.717) is 5.02 Å². The molecule has 0 amide bonds. The molecule has 3 rings (SSSR count). The zero-order chi connectivity index (χ0) is 14.9. The maximum Gasteiger partial charge on any atom is 0.142 e. The zero-order valence-corrected chi connectivity index (χ0v) is 13.2. The van der Waals surface area contributed by atoms with Crippen LogP contribution in [0.1, 0.15) is 25.5 Å². The fourth-order valence-corrected chi connectivity index (χ4v) is 3.19. The molecule has 5 heteroatoms. The van der Waals surface area contributed by atoms with Crippen molar-refractivity contribution in [2.45, 2.75) is 25.2 Å². The monoisotopic (exact) mass is 305 g/mol. The molecule has 0 bridgehead atoms. The first-order chi connectivity index (χ1) is 10.1. The van der Waals surface area contributed by atoms with Gasteiger partial charge in [-0.15, -0.1) is 0 Å². The number of piperidine rings is 1. The summed E-state index contributed by atoms with van der Waals surface area (Å²) >= 11 is 6.16. The van der Waals surface area contributed by atoms with Gasteiger partial charge in [0.05, 0.1) is 19.1 Å². The lowest BCUT2D eigenvalue weighted by Crippen LogP contribution is -2.38. The van der Waals surface area contributed by atoms with Gasteiger partial charge in [-0.2, -0.15) is 0 Å². The maximum atomic E-state index is 6.16. The van der Waals surface area contributed by atoms with Crippen LogP contribution in [0, 0.1) is 0 Å². The predicted molar refractivity (Wildman–Crippen MR) is 84.6 cm³/mol. The molecule has 4 nitrogen and oxygen atoms in total. The summed E-state index contributed by atoms with van der Waals surface area (Å²) < 4.78 is 7.59. The van der Waals surface area contributed by atoms with Gasteiger partial charge in [0.1, 0.15) is 5.75 Å². The third-order valence-corrected chi connectivity index (χ3v) is 4.60. The normalized spacial score (nSPS) is 17.7. The van der Waals surface area contributed by atoms with Crippen LogP contribution >= 0.6 is 11.6 Å². The van der Waals surface area contributed by atoms with Crippen LogP contribution in [-0.4, -0.2) is 29.8 Å². The Hall–Kier alpha value is -1.52. The van der Waals surface area contributed by atoms with Gasteiger partial charge in [0, 0.05) is 22.3 Å². The lowest BCUT2D eigenvalue weighted by Gasteiger charge is -2.34. The number of ether oxygens (including phenoxy) is 1. The summed E-state index contributed by atoms with van der Waals surface area (Å²) in [6.07, 6.45) is 6.01. The highest BCUT2D eigenvalue weighted by Gasteiger charge is 2.32. The molecule has 0 spiro atoms. The molecule has 112 valence electrons. The Balaban J connectivity index is 2.09. The molecule has 0 unspecified atom stereocenters. The first-order valence-electron chi connectivity index (χ1n) is 7.21. The number of hydrogen-bond acceptors (Lipinski definition) is 3. The topological polar surface area (TPSA) is 39.1 Å². The first-order valence-corrected chi connectivity index (χ1v) is 7.59. The quantitative estimate of drug-likeness (QED) is 0.946. The molecule has 0 atom stereocenters. The molecule has 0 saturated carbocycles. The number of rotatable bonds is 3. The molecular formula is C16H20ClN3O. The number of aromatic nitrogens is 2. The van der Waals surface area contributed by atoms with Gasteiger partial charge in [-0.3, -0.25) is 4.57 Å². The van der Waals surface area contributed by atoms with E-state index in [1.54, 1.807) is 7.11 Å². The lowest BCUT2D eigenvalue weighted by atomic mass is 9.78. The van der Waals surface area contributed by atoms with Gasteiger partial charge in [-0.05, 0) is 44.1 Å². The van der Waals surface area contributed by atoms with Gasteiger partial charge in [0.25, 0.3) is 0 Å². The highest BCUT2D eigenvalue weighted by Crippen LogP contribution is 2.36. The van der Waals surface area contributed by atoms with E-state index in [4.69, 9.17) is 16.3 Å². The van der Waals surface area contributed by atoms with Gasteiger partial charge in [-0.1, -0.05) is 18.5 Å². The van der Waals surface area contributed by atoms with Crippen LogP contribution in [0.4, 0.5) is 0 Å². The smallest absolute Gasteiger partial charge is 0.142 e. The second-order valence-electron chi connectivity index (χ2n) is 5.78. The van der Waals surface area contributed by atoms with Gasteiger partial charge >= 0.3 is 0 Å². The van der Waals surface area contributed by atoms with Gasteiger partial charge in [0.15, 0.2) is 0 Å². The van der Waals surface area contributed by atoms with Crippen molar-refractivity contribution in [1.29, 1.82) is 0 Å². The first kappa shape index (κ1) is 14.4. The average Bonchev–Trinajstić information content (AvgIpc) is 2.98. The fourth-order valence-electron chi connectivity index (χ4n) is 3.02. The Kier molecular flexibility index (Phi) is 3.91. The Morgan fingerprint density at radius 2 is 2.10 bits per heavy atom. The zero-order valence-electron chi connectivity index (χ0n) is 12.4. The summed E-state index contributed by atoms with van der Waals surface area (Å²) in [5, 5.41) is 4.11. The maximum absolute atomic E-state index is 6.16. The fraction of sp³-hybridized carbons (Fsp3) is 0.438. The third-order valence-electron chi connectivity index (χ3n) is 4.36. The van der Waals surface area contributed by atoms with Gasteiger partial charge < -0.3 is 10.1 Å². The van der Waals surface area contributed by atoms with Crippen molar-refractivity contribution in [2.75, 3.05) is 20.2 Å². The number of benzene rings is 1. The lowest BCUT2D eigenvalue weighted by molar-refractivity contribution is 0.323. The number of halogens is 1. The molecule has 1 saturated heterocycles. The summed E-state index contributed by atoms with van der Waals surface area (Å²) in [5.41, 5.74) is 2.27. The van der Waals surface area contributed by atoms with Crippen molar-refractivity contribution < 1.29 is 4.74 Å². The summed E-state index contributed by atoms with van der Waals surface area (Å²) in [7, 11) is 1.68. The van der Waals surface area contributed by atoms with E-state index < -0.39 is 0 Å². The Labute approximate surface area is 130 Å². The van der Waals surface area contributed by atoms with Crippen LogP contribution in [-0.2, 0) is 5.41 Å². The van der Waals surface area contributed by atoms with Crippen LogP contribution in [0.25, 0.3) is 5.69 Å². The van der Waals surface area contributed by atoms with E-state index in [9.17, 15) is 0 Å². The van der Waals surface area contributed by atoms with Crippen molar-refractivity contribution in [3.05, 3.63) is 41.4 Å². The molecule has 1 aromatic carbocycles. The molecule has 0 radical (unpaired) electrons. The summed E-state index contributed by atoms with van der Waals surface area (Å²) in [6.45, 7) is 4.38. The number of nitrogens with one attached hydrogen (secondary N) is 1. The Morgan fingerprint density at radius 1 is 1.33 bits per heavy atom. The minimum absolute atomic E-state index is 0.120. The van der Waals surface area contributed by atoms with E-state index in [1.165, 1.54) is 5.69 Å². The molecule has 1 aromatic heterocycles. The molecule has 2 aromatic rings. The van der Waals surface area contributed by atoms with Crippen LogP contribution in [0.3, 0.4) is 0 Å². The van der Waals surface area contributed by atoms with Crippen molar-refractivity contribution in [3.63, 3.8) is 0 Å². The molecule has 1 aliphatic heterocycles. The van der Waals surface area contributed by atoms with Crippen LogP contribution in [0.2, 0.25) is 5.02 Å². The highest BCUT2D eigenvalue weighted by molar-refractivity contribution is 6.30. The summed E-state index contributed by atoms with van der Waals surface area (Å²) in [4.78, 5) is 4.37. The van der Waals surface area contributed by atoms with Gasteiger partial charge in [-0.25, -0.2) is 4.98 Å². The van der Waals surface area contributed by atoms with E-state index in [0.717, 1.165) is 37.4 Å². The summed E-state index contributed by atoms with van der Waals surface area (Å²) in [5.74, 6) is 0.802. The van der Waals surface area contributed by atoms with E-state index in [2.05, 4.69) is 21.8 Å². The molecular weight excluding hydrogens is 286 g/mol. The highest BCUT2D eigenvalue weighted by atomic mass is 35.5. The molecule has 1 aliphatic rings. The van der Waals surface area contributed by atoms with Crippen LogP contribution in [0.15, 0.2) is 30.7 Å². The second kappa shape index (κ2) is 5.70. The van der Waals surface area contributed by atoms with Gasteiger partial charge in [0.2, 0.25) is 0 Å². The third kappa shape index (κ3) is 2.65. The number of imidazole rings is 1. The van der Waals surface area contributed by atoms with Crippen LogP contribution < -0.4 is 10.1 Å². The predicted octanol–water partition coefficient (Wildman–Crippen LogP) is 3.18. The molecule has 1 N–H and O–H groups in total. The average molecular weight is 306 g/mol. The standard InChI is InChI=1S/C16H20ClN3O/c1-16(5-7-18-8-6-16)15-10-19-11-20(15)13-9-12(17)3-4-14(13)21-2/h3-4,9-11,18H,5-8H2,1-2H3. The van der Waals surface area contributed by atoms with E-state index >= 15 is 0 Å².